The number of halogens is 1. The molecule has 1 aromatic heterocycles. The van der Waals surface area contributed by atoms with Gasteiger partial charge in [0.15, 0.2) is 0 Å². The SMILES string of the molecule is Cc1nn(C)c(N2CCC(Oc3ccc(F)cc3)CC2)c1[N+](=O)[O-]. The van der Waals surface area contributed by atoms with E-state index in [9.17, 15) is 14.5 Å². The number of ether oxygens (including phenoxy) is 1. The van der Waals surface area contributed by atoms with Gasteiger partial charge in [-0.1, -0.05) is 0 Å². The van der Waals surface area contributed by atoms with Gasteiger partial charge in [-0.25, -0.2) is 9.07 Å². The van der Waals surface area contributed by atoms with Crippen molar-refractivity contribution in [3.05, 3.63) is 45.9 Å². The molecule has 0 spiro atoms. The Hall–Kier alpha value is -2.64. The van der Waals surface area contributed by atoms with Crippen LogP contribution in [0.1, 0.15) is 18.5 Å². The van der Waals surface area contributed by atoms with Crippen molar-refractivity contribution in [2.45, 2.75) is 25.9 Å². The molecule has 0 saturated carbocycles. The van der Waals surface area contributed by atoms with Crippen molar-refractivity contribution in [3.63, 3.8) is 0 Å². The molecule has 1 aliphatic rings. The fraction of sp³-hybridized carbons (Fsp3) is 0.438. The van der Waals surface area contributed by atoms with E-state index in [0.29, 0.717) is 30.4 Å². The van der Waals surface area contributed by atoms with Gasteiger partial charge in [-0.2, -0.15) is 5.10 Å². The predicted octanol–water partition coefficient (Wildman–Crippen LogP) is 2.82. The monoisotopic (exact) mass is 334 g/mol. The van der Waals surface area contributed by atoms with Gasteiger partial charge < -0.3 is 9.64 Å². The van der Waals surface area contributed by atoms with Crippen LogP contribution < -0.4 is 9.64 Å². The van der Waals surface area contributed by atoms with Crippen LogP contribution in [0.3, 0.4) is 0 Å². The molecule has 3 rings (SSSR count). The van der Waals surface area contributed by atoms with Crippen LogP contribution in [0.2, 0.25) is 0 Å². The maximum absolute atomic E-state index is 12.9. The smallest absolute Gasteiger partial charge is 0.333 e. The average molecular weight is 334 g/mol. The summed E-state index contributed by atoms with van der Waals surface area (Å²) in [7, 11) is 1.72. The summed E-state index contributed by atoms with van der Waals surface area (Å²) < 4.78 is 20.3. The lowest BCUT2D eigenvalue weighted by Crippen LogP contribution is -2.39. The van der Waals surface area contributed by atoms with Crippen molar-refractivity contribution >= 4 is 11.5 Å². The molecule has 0 radical (unpaired) electrons. The summed E-state index contributed by atoms with van der Waals surface area (Å²) in [5.41, 5.74) is 0.484. The third kappa shape index (κ3) is 3.17. The first-order valence-corrected chi connectivity index (χ1v) is 7.81. The summed E-state index contributed by atoms with van der Waals surface area (Å²) in [6.07, 6.45) is 1.48. The number of piperidine rings is 1. The van der Waals surface area contributed by atoms with E-state index in [-0.39, 0.29) is 22.5 Å². The number of hydrogen-bond acceptors (Lipinski definition) is 5. The third-order valence-corrected chi connectivity index (χ3v) is 4.20. The van der Waals surface area contributed by atoms with Crippen LogP contribution in [0.15, 0.2) is 24.3 Å². The van der Waals surface area contributed by atoms with E-state index in [4.69, 9.17) is 4.74 Å². The van der Waals surface area contributed by atoms with E-state index in [2.05, 4.69) is 5.10 Å². The first kappa shape index (κ1) is 16.2. The van der Waals surface area contributed by atoms with Gasteiger partial charge in [-0.05, 0) is 31.2 Å². The first-order chi connectivity index (χ1) is 11.5. The van der Waals surface area contributed by atoms with Gasteiger partial charge in [0, 0.05) is 33.0 Å². The summed E-state index contributed by atoms with van der Waals surface area (Å²) in [5.74, 6) is 0.881. The maximum Gasteiger partial charge on any atom is 0.333 e. The van der Waals surface area contributed by atoms with Crippen LogP contribution in [0, 0.1) is 22.9 Å². The number of nitro groups is 1. The minimum absolute atomic E-state index is 0.0140. The van der Waals surface area contributed by atoms with Crippen LogP contribution in [-0.4, -0.2) is 33.9 Å². The van der Waals surface area contributed by atoms with Crippen molar-refractivity contribution in [1.29, 1.82) is 0 Å². The summed E-state index contributed by atoms with van der Waals surface area (Å²) in [6.45, 7) is 2.93. The lowest BCUT2D eigenvalue weighted by Gasteiger charge is -2.32. The Kier molecular flexibility index (Phi) is 4.37. The zero-order valence-corrected chi connectivity index (χ0v) is 13.6. The van der Waals surface area contributed by atoms with E-state index in [0.717, 1.165) is 12.8 Å². The zero-order valence-electron chi connectivity index (χ0n) is 13.6. The van der Waals surface area contributed by atoms with E-state index >= 15 is 0 Å². The molecular weight excluding hydrogens is 315 g/mol. The van der Waals surface area contributed by atoms with Gasteiger partial charge in [0.25, 0.3) is 0 Å². The molecule has 0 bridgehead atoms. The van der Waals surface area contributed by atoms with Crippen LogP contribution >= 0.6 is 0 Å². The lowest BCUT2D eigenvalue weighted by atomic mass is 10.1. The molecule has 8 heteroatoms. The number of aromatic nitrogens is 2. The summed E-state index contributed by atoms with van der Waals surface area (Å²) in [5, 5.41) is 15.5. The number of rotatable bonds is 4. The average Bonchev–Trinajstić information content (AvgIpc) is 2.85. The van der Waals surface area contributed by atoms with Gasteiger partial charge in [0.1, 0.15) is 23.4 Å². The van der Waals surface area contributed by atoms with Crippen LogP contribution in [0.25, 0.3) is 0 Å². The molecule has 1 aromatic carbocycles. The van der Waals surface area contributed by atoms with E-state index in [1.54, 1.807) is 30.8 Å². The van der Waals surface area contributed by atoms with E-state index in [1.165, 1.54) is 12.1 Å². The van der Waals surface area contributed by atoms with E-state index < -0.39 is 0 Å². The number of aryl methyl sites for hydroxylation is 2. The Morgan fingerprint density at radius 2 is 1.92 bits per heavy atom. The molecule has 2 heterocycles. The molecule has 24 heavy (non-hydrogen) atoms. The molecule has 1 fully saturated rings. The highest BCUT2D eigenvalue weighted by Crippen LogP contribution is 2.33. The maximum atomic E-state index is 12.9. The summed E-state index contributed by atoms with van der Waals surface area (Å²) in [4.78, 5) is 12.9. The molecule has 0 N–H and O–H groups in total. The molecule has 1 saturated heterocycles. The Balaban J connectivity index is 1.67. The number of benzene rings is 1. The number of hydrogen-bond donors (Lipinski definition) is 0. The van der Waals surface area contributed by atoms with Crippen molar-refractivity contribution in [3.8, 4) is 5.75 Å². The van der Waals surface area contributed by atoms with Crippen molar-refractivity contribution in [1.82, 2.24) is 9.78 Å². The Bertz CT molecular complexity index is 737. The van der Waals surface area contributed by atoms with Crippen LogP contribution in [0.5, 0.6) is 5.75 Å². The highest BCUT2D eigenvalue weighted by atomic mass is 19.1. The number of nitrogens with zero attached hydrogens (tertiary/aromatic N) is 4. The van der Waals surface area contributed by atoms with Crippen molar-refractivity contribution in [2.24, 2.45) is 7.05 Å². The summed E-state index contributed by atoms with van der Waals surface area (Å²) >= 11 is 0. The van der Waals surface area contributed by atoms with Gasteiger partial charge >= 0.3 is 5.69 Å². The Morgan fingerprint density at radius 3 is 2.50 bits per heavy atom. The fourth-order valence-corrected chi connectivity index (χ4v) is 3.09. The molecular formula is C16H19FN4O3. The normalized spacial score (nSPS) is 15.5. The highest BCUT2D eigenvalue weighted by molar-refractivity contribution is 5.61. The van der Waals surface area contributed by atoms with Crippen LogP contribution in [0.4, 0.5) is 15.9 Å². The highest BCUT2D eigenvalue weighted by Gasteiger charge is 2.31. The molecule has 0 unspecified atom stereocenters. The second-order valence-electron chi connectivity index (χ2n) is 5.90. The zero-order chi connectivity index (χ0) is 17.3. The minimum atomic E-state index is -0.376. The van der Waals surface area contributed by atoms with Crippen LogP contribution in [-0.2, 0) is 7.05 Å². The second kappa shape index (κ2) is 6.46. The quantitative estimate of drug-likeness (QED) is 0.635. The van der Waals surface area contributed by atoms with Gasteiger partial charge in [0.05, 0.1) is 4.92 Å². The Labute approximate surface area is 138 Å². The second-order valence-corrected chi connectivity index (χ2v) is 5.90. The lowest BCUT2D eigenvalue weighted by molar-refractivity contribution is -0.384. The molecule has 7 nitrogen and oxygen atoms in total. The molecule has 0 amide bonds. The molecule has 0 aliphatic carbocycles. The number of anilines is 1. The largest absolute Gasteiger partial charge is 0.490 e. The first-order valence-electron chi connectivity index (χ1n) is 7.81. The molecule has 0 atom stereocenters. The topological polar surface area (TPSA) is 73.4 Å². The molecule has 1 aliphatic heterocycles. The minimum Gasteiger partial charge on any atom is -0.490 e. The van der Waals surface area contributed by atoms with Gasteiger partial charge in [0.2, 0.25) is 5.82 Å². The molecule has 128 valence electrons. The predicted molar refractivity (Wildman–Crippen MR) is 86.9 cm³/mol. The Morgan fingerprint density at radius 1 is 1.29 bits per heavy atom. The van der Waals surface area contributed by atoms with Crippen molar-refractivity contribution in [2.75, 3.05) is 18.0 Å². The van der Waals surface area contributed by atoms with E-state index in [1.807, 2.05) is 4.90 Å². The van der Waals surface area contributed by atoms with Crippen molar-refractivity contribution < 1.29 is 14.1 Å². The standard InChI is InChI=1S/C16H19FN4O3/c1-11-15(21(22)23)16(19(2)18-11)20-9-7-14(8-10-20)24-13-5-3-12(17)4-6-13/h3-6,14H,7-10H2,1-2H3. The van der Waals surface area contributed by atoms with Gasteiger partial charge in [-0.15, -0.1) is 0 Å². The van der Waals surface area contributed by atoms with Gasteiger partial charge in [-0.3, -0.25) is 10.1 Å². The third-order valence-electron chi connectivity index (χ3n) is 4.20. The summed E-state index contributed by atoms with van der Waals surface area (Å²) in [6, 6.07) is 5.95. The molecule has 2 aromatic rings. The fourth-order valence-electron chi connectivity index (χ4n) is 3.09.